The van der Waals surface area contributed by atoms with Gasteiger partial charge >= 0.3 is 0 Å². The fraction of sp³-hybridized carbons (Fsp3) is 0.368. The first-order valence-corrected chi connectivity index (χ1v) is 8.66. The number of nitrogens with zero attached hydrogens (tertiary/aromatic N) is 3. The van der Waals surface area contributed by atoms with Gasteiger partial charge in [-0.2, -0.15) is 9.61 Å². The number of hydrogen-bond donors (Lipinski definition) is 1. The standard InChI is InChI=1S/C19H23ClN4O/c1-19(2,3)16-11-17(21-9-10-25-4)24-18(23-16)14(12-22-24)13-7-5-6-8-15(13)20/h5-8,11-12,21H,9-10H2,1-4H3. The highest BCUT2D eigenvalue weighted by Crippen LogP contribution is 2.33. The lowest BCUT2D eigenvalue weighted by Crippen LogP contribution is -2.17. The molecule has 1 N–H and O–H groups in total. The zero-order valence-electron chi connectivity index (χ0n) is 15.0. The molecule has 1 aromatic carbocycles. The highest BCUT2D eigenvalue weighted by Gasteiger charge is 2.21. The molecule has 0 amide bonds. The van der Waals surface area contributed by atoms with Crippen LogP contribution in [0.3, 0.4) is 0 Å². The summed E-state index contributed by atoms with van der Waals surface area (Å²) in [5.74, 6) is 0.894. The van der Waals surface area contributed by atoms with E-state index in [1.54, 1.807) is 7.11 Å². The number of aromatic nitrogens is 3. The van der Waals surface area contributed by atoms with E-state index in [9.17, 15) is 0 Å². The summed E-state index contributed by atoms with van der Waals surface area (Å²) in [6.45, 7) is 7.76. The van der Waals surface area contributed by atoms with Gasteiger partial charge in [0.15, 0.2) is 5.65 Å². The number of fused-ring (bicyclic) bond motifs is 1. The smallest absolute Gasteiger partial charge is 0.165 e. The molecule has 25 heavy (non-hydrogen) atoms. The van der Waals surface area contributed by atoms with E-state index in [1.807, 2.05) is 41.0 Å². The summed E-state index contributed by atoms with van der Waals surface area (Å²) in [4.78, 5) is 4.88. The lowest BCUT2D eigenvalue weighted by atomic mass is 9.92. The molecule has 0 radical (unpaired) electrons. The quantitative estimate of drug-likeness (QED) is 0.686. The molecule has 0 unspecified atom stereocenters. The molecule has 0 atom stereocenters. The third-order valence-corrected chi connectivity index (χ3v) is 4.35. The Kier molecular flexibility index (Phi) is 4.97. The van der Waals surface area contributed by atoms with Crippen LogP contribution in [0.5, 0.6) is 0 Å². The van der Waals surface area contributed by atoms with Crippen LogP contribution in [0, 0.1) is 0 Å². The van der Waals surface area contributed by atoms with Crippen molar-refractivity contribution in [1.82, 2.24) is 14.6 Å². The number of benzene rings is 1. The van der Waals surface area contributed by atoms with E-state index in [2.05, 4.69) is 31.2 Å². The summed E-state index contributed by atoms with van der Waals surface area (Å²) in [6, 6.07) is 9.81. The van der Waals surface area contributed by atoms with Crippen molar-refractivity contribution < 1.29 is 4.74 Å². The van der Waals surface area contributed by atoms with Crippen LogP contribution >= 0.6 is 11.6 Å². The maximum atomic E-state index is 6.39. The summed E-state index contributed by atoms with van der Waals surface area (Å²) in [6.07, 6.45) is 1.82. The van der Waals surface area contributed by atoms with Crippen LogP contribution in [0.2, 0.25) is 5.02 Å². The van der Waals surface area contributed by atoms with Gasteiger partial charge in [-0.25, -0.2) is 4.98 Å². The first kappa shape index (κ1) is 17.7. The lowest BCUT2D eigenvalue weighted by molar-refractivity contribution is 0.210. The molecule has 3 rings (SSSR count). The van der Waals surface area contributed by atoms with Gasteiger partial charge in [0.25, 0.3) is 0 Å². The summed E-state index contributed by atoms with van der Waals surface area (Å²) in [7, 11) is 1.69. The van der Waals surface area contributed by atoms with E-state index >= 15 is 0 Å². The fourth-order valence-corrected chi connectivity index (χ4v) is 2.86. The number of methoxy groups -OCH3 is 1. The maximum Gasteiger partial charge on any atom is 0.165 e. The van der Waals surface area contributed by atoms with Crippen LogP contribution in [0.4, 0.5) is 5.82 Å². The highest BCUT2D eigenvalue weighted by atomic mass is 35.5. The van der Waals surface area contributed by atoms with Gasteiger partial charge in [0.2, 0.25) is 0 Å². The fourth-order valence-electron chi connectivity index (χ4n) is 2.62. The topological polar surface area (TPSA) is 51.5 Å². The van der Waals surface area contributed by atoms with E-state index in [0.29, 0.717) is 18.2 Å². The molecular weight excluding hydrogens is 336 g/mol. The Morgan fingerprint density at radius 2 is 1.96 bits per heavy atom. The molecule has 0 spiro atoms. The Balaban J connectivity index is 2.18. The molecule has 0 bridgehead atoms. The molecule has 132 valence electrons. The van der Waals surface area contributed by atoms with Crippen LogP contribution in [0.1, 0.15) is 26.5 Å². The van der Waals surface area contributed by atoms with E-state index in [-0.39, 0.29) is 5.41 Å². The van der Waals surface area contributed by atoms with Crippen molar-refractivity contribution in [3.63, 3.8) is 0 Å². The summed E-state index contributed by atoms with van der Waals surface area (Å²) < 4.78 is 6.96. The van der Waals surface area contributed by atoms with Crippen LogP contribution in [-0.2, 0) is 10.2 Å². The van der Waals surface area contributed by atoms with Crippen molar-refractivity contribution in [3.05, 3.63) is 47.2 Å². The van der Waals surface area contributed by atoms with Crippen molar-refractivity contribution in [1.29, 1.82) is 0 Å². The largest absolute Gasteiger partial charge is 0.383 e. The van der Waals surface area contributed by atoms with Crippen molar-refractivity contribution in [2.24, 2.45) is 0 Å². The van der Waals surface area contributed by atoms with Gasteiger partial charge in [-0.3, -0.25) is 0 Å². The van der Waals surface area contributed by atoms with Crippen LogP contribution in [0.25, 0.3) is 16.8 Å². The summed E-state index contributed by atoms with van der Waals surface area (Å²) in [5, 5.41) is 8.60. The third kappa shape index (κ3) is 3.62. The van der Waals surface area contributed by atoms with E-state index in [4.69, 9.17) is 21.3 Å². The van der Waals surface area contributed by atoms with E-state index < -0.39 is 0 Å². The number of anilines is 1. The predicted molar refractivity (Wildman–Crippen MR) is 102 cm³/mol. The number of rotatable bonds is 5. The average molecular weight is 359 g/mol. The first-order chi connectivity index (χ1) is 11.9. The van der Waals surface area contributed by atoms with Crippen molar-refractivity contribution in [2.45, 2.75) is 26.2 Å². The van der Waals surface area contributed by atoms with Crippen LogP contribution in [0.15, 0.2) is 36.5 Å². The second-order valence-corrected chi connectivity index (χ2v) is 7.38. The second kappa shape index (κ2) is 7.02. The van der Waals surface area contributed by atoms with Gasteiger partial charge in [-0.1, -0.05) is 50.6 Å². The second-order valence-electron chi connectivity index (χ2n) is 6.97. The molecule has 5 nitrogen and oxygen atoms in total. The van der Waals surface area contributed by atoms with E-state index in [1.165, 1.54) is 0 Å². The number of ether oxygens (including phenoxy) is 1. The van der Waals surface area contributed by atoms with Crippen molar-refractivity contribution in [3.8, 4) is 11.1 Å². The molecule has 0 aliphatic rings. The minimum atomic E-state index is -0.0819. The van der Waals surface area contributed by atoms with Gasteiger partial charge in [0.1, 0.15) is 5.82 Å². The van der Waals surface area contributed by atoms with Crippen LogP contribution < -0.4 is 5.32 Å². The molecule has 0 aliphatic heterocycles. The zero-order chi connectivity index (χ0) is 18.0. The third-order valence-electron chi connectivity index (χ3n) is 4.02. The minimum absolute atomic E-state index is 0.0819. The molecule has 0 saturated heterocycles. The Bertz CT molecular complexity index is 883. The van der Waals surface area contributed by atoms with Gasteiger partial charge in [-0.05, 0) is 6.07 Å². The number of hydrogen-bond acceptors (Lipinski definition) is 4. The molecule has 2 aromatic heterocycles. The SMILES string of the molecule is COCCNc1cc(C(C)(C)C)nc2c(-c3ccccc3Cl)cnn12. The van der Waals surface area contributed by atoms with Gasteiger partial charge in [-0.15, -0.1) is 0 Å². The first-order valence-electron chi connectivity index (χ1n) is 8.29. The van der Waals surface area contributed by atoms with Gasteiger partial charge < -0.3 is 10.1 Å². The Hall–Kier alpha value is -2.11. The van der Waals surface area contributed by atoms with Crippen molar-refractivity contribution in [2.75, 3.05) is 25.6 Å². The van der Waals surface area contributed by atoms with Crippen molar-refractivity contribution >= 4 is 23.1 Å². The molecule has 0 aliphatic carbocycles. The highest BCUT2D eigenvalue weighted by molar-refractivity contribution is 6.33. The average Bonchev–Trinajstić information content (AvgIpc) is 2.98. The summed E-state index contributed by atoms with van der Waals surface area (Å²) >= 11 is 6.39. The lowest BCUT2D eigenvalue weighted by Gasteiger charge is -2.20. The Morgan fingerprint density at radius 3 is 2.64 bits per heavy atom. The number of nitrogens with one attached hydrogen (secondary N) is 1. The molecule has 6 heteroatoms. The predicted octanol–water partition coefficient (Wildman–Crippen LogP) is 4.41. The van der Waals surface area contributed by atoms with Gasteiger partial charge in [0, 0.05) is 41.3 Å². The van der Waals surface area contributed by atoms with Gasteiger partial charge in [0.05, 0.1) is 18.5 Å². The Labute approximate surface area is 153 Å². The Morgan fingerprint density at radius 1 is 1.20 bits per heavy atom. The molecule has 2 heterocycles. The molecule has 3 aromatic rings. The van der Waals surface area contributed by atoms with Crippen LogP contribution in [-0.4, -0.2) is 34.9 Å². The summed E-state index contributed by atoms with van der Waals surface area (Å²) in [5.41, 5.74) is 3.56. The molecular formula is C19H23ClN4O. The normalized spacial score (nSPS) is 11.9. The van der Waals surface area contributed by atoms with E-state index in [0.717, 1.165) is 28.3 Å². The minimum Gasteiger partial charge on any atom is -0.383 e. The molecule has 0 fully saturated rings. The molecule has 0 saturated carbocycles. The maximum absolute atomic E-state index is 6.39. The number of halogens is 1. The monoisotopic (exact) mass is 358 g/mol. The zero-order valence-corrected chi connectivity index (χ0v) is 15.8.